The van der Waals surface area contributed by atoms with E-state index in [1.54, 1.807) is 13.3 Å². The third kappa shape index (κ3) is 5.92. The molecule has 5 fully saturated rings. The van der Waals surface area contributed by atoms with E-state index in [4.69, 9.17) is 26.1 Å². The number of nitrogens with zero attached hydrogens (tertiary/aromatic N) is 1. The monoisotopic (exact) mass is 555 g/mol. The minimum absolute atomic E-state index is 0.0971. The lowest BCUT2D eigenvalue weighted by molar-refractivity contribution is -0.485. The van der Waals surface area contributed by atoms with Gasteiger partial charge in [0.1, 0.15) is 0 Å². The van der Waals surface area contributed by atoms with Crippen molar-refractivity contribution in [2.24, 2.45) is 29.6 Å². The lowest BCUT2D eigenvalue weighted by Gasteiger charge is -2.58. The van der Waals surface area contributed by atoms with Crippen molar-refractivity contribution in [3.8, 4) is 0 Å². The summed E-state index contributed by atoms with van der Waals surface area (Å²) in [4.78, 5) is 29.3. The highest BCUT2D eigenvalue weighted by atomic mass is 35.5. The summed E-state index contributed by atoms with van der Waals surface area (Å²) in [6.07, 6.45) is 13.5. The molecule has 7 nitrogen and oxygen atoms in total. The van der Waals surface area contributed by atoms with Crippen molar-refractivity contribution in [3.05, 3.63) is 35.5 Å². The van der Waals surface area contributed by atoms with Crippen LogP contribution in [0, 0.1) is 29.6 Å². The SMILES string of the molecule is COC1(OOC2CCC(CC(=O)NCCCNc3ccnc4cc(Cl)ccc34)CC2)C2CC3CC(C2)CC1C3. The fourth-order valence-corrected chi connectivity index (χ4v) is 8.24. The summed E-state index contributed by atoms with van der Waals surface area (Å²) < 4.78 is 6.07. The number of nitrogens with one attached hydrogen (secondary N) is 2. The zero-order valence-electron chi connectivity index (χ0n) is 23.0. The first kappa shape index (κ1) is 27.3. The molecule has 5 aliphatic rings. The Morgan fingerprint density at radius 2 is 1.77 bits per heavy atom. The van der Waals surface area contributed by atoms with E-state index < -0.39 is 5.79 Å². The zero-order chi connectivity index (χ0) is 26.8. The van der Waals surface area contributed by atoms with Gasteiger partial charge < -0.3 is 15.4 Å². The molecule has 1 heterocycles. The maximum absolute atomic E-state index is 12.6. The number of amides is 1. The van der Waals surface area contributed by atoms with Crippen LogP contribution in [0.4, 0.5) is 5.69 Å². The fraction of sp³-hybridized carbons (Fsp3) is 0.677. The van der Waals surface area contributed by atoms with E-state index in [0.29, 0.717) is 35.7 Å². The van der Waals surface area contributed by atoms with Crippen LogP contribution in [0.1, 0.15) is 70.6 Å². The van der Waals surface area contributed by atoms with Gasteiger partial charge in [0.25, 0.3) is 0 Å². The van der Waals surface area contributed by atoms with E-state index in [9.17, 15) is 4.79 Å². The molecule has 39 heavy (non-hydrogen) atoms. The number of aromatic nitrogens is 1. The van der Waals surface area contributed by atoms with Crippen LogP contribution >= 0.6 is 11.6 Å². The maximum Gasteiger partial charge on any atom is 0.220 e. The highest BCUT2D eigenvalue weighted by Crippen LogP contribution is 2.60. The van der Waals surface area contributed by atoms with Crippen molar-refractivity contribution >= 4 is 34.1 Å². The number of ether oxygens (including phenoxy) is 1. The van der Waals surface area contributed by atoms with Crippen LogP contribution in [0.2, 0.25) is 5.02 Å². The van der Waals surface area contributed by atoms with Crippen molar-refractivity contribution in [2.45, 2.75) is 82.5 Å². The summed E-state index contributed by atoms with van der Waals surface area (Å²) >= 11 is 6.08. The number of anilines is 1. The summed E-state index contributed by atoms with van der Waals surface area (Å²) in [5.74, 6) is 2.67. The molecule has 7 rings (SSSR count). The van der Waals surface area contributed by atoms with E-state index >= 15 is 0 Å². The van der Waals surface area contributed by atoms with Crippen LogP contribution in [-0.2, 0) is 19.3 Å². The van der Waals surface area contributed by atoms with Crippen molar-refractivity contribution in [1.29, 1.82) is 0 Å². The van der Waals surface area contributed by atoms with E-state index in [1.165, 1.54) is 32.1 Å². The number of methoxy groups -OCH3 is 1. The second-order valence-electron chi connectivity index (χ2n) is 12.4. The van der Waals surface area contributed by atoms with Gasteiger partial charge in [-0.25, -0.2) is 9.78 Å². The zero-order valence-corrected chi connectivity index (χ0v) is 23.8. The Hall–Kier alpha value is -1.93. The molecule has 4 bridgehead atoms. The normalized spacial score (nSPS) is 33.4. The van der Waals surface area contributed by atoms with Crippen LogP contribution in [0.5, 0.6) is 0 Å². The summed E-state index contributed by atoms with van der Waals surface area (Å²) in [5, 5.41) is 8.29. The summed E-state index contributed by atoms with van der Waals surface area (Å²) in [5.41, 5.74) is 1.91. The maximum atomic E-state index is 12.6. The Labute approximate surface area is 236 Å². The quantitative estimate of drug-likeness (QED) is 0.142. The Morgan fingerprint density at radius 3 is 2.49 bits per heavy atom. The molecule has 0 aliphatic heterocycles. The Balaban J connectivity index is 0.876. The van der Waals surface area contributed by atoms with E-state index in [1.807, 2.05) is 24.3 Å². The predicted molar refractivity (Wildman–Crippen MR) is 152 cm³/mol. The van der Waals surface area contributed by atoms with Gasteiger partial charge in [-0.05, 0) is 106 Å². The van der Waals surface area contributed by atoms with Gasteiger partial charge in [0, 0.05) is 60.7 Å². The lowest BCUT2D eigenvalue weighted by atomic mass is 9.53. The van der Waals surface area contributed by atoms with E-state index in [-0.39, 0.29) is 12.0 Å². The first-order valence-corrected chi connectivity index (χ1v) is 15.3. The number of carbonyl (C=O) groups is 1. The lowest BCUT2D eigenvalue weighted by Crippen LogP contribution is -2.60. The predicted octanol–water partition coefficient (Wildman–Crippen LogP) is 6.50. The second kappa shape index (κ2) is 11.9. The average molecular weight is 556 g/mol. The molecule has 8 heteroatoms. The van der Waals surface area contributed by atoms with Crippen LogP contribution in [0.25, 0.3) is 10.9 Å². The molecule has 0 spiro atoms. The minimum atomic E-state index is -0.544. The highest BCUT2D eigenvalue weighted by molar-refractivity contribution is 6.31. The summed E-state index contributed by atoms with van der Waals surface area (Å²) in [6.45, 7) is 1.44. The number of hydrogen-bond acceptors (Lipinski definition) is 6. The molecular formula is C31H42ClN3O4. The van der Waals surface area contributed by atoms with Gasteiger partial charge in [0.2, 0.25) is 11.7 Å². The summed E-state index contributed by atoms with van der Waals surface area (Å²) in [6, 6.07) is 7.70. The molecule has 2 aromatic rings. The van der Waals surface area contributed by atoms with E-state index in [2.05, 4.69) is 15.6 Å². The molecule has 1 aromatic carbocycles. The standard InChI is InChI=1S/C31H42ClN3O4/c1-37-31(23-14-21-13-22(16-23)17-24(31)15-21)39-38-26-6-3-20(4-7-26)18-30(36)35-11-2-10-33-28-9-12-34-29-19-25(32)5-8-27(28)29/h5,8-9,12,19-24,26H,2-4,6-7,10-11,13-18H2,1H3,(H,33,34)(H,35,36). The Bertz CT molecular complexity index is 1120. The topological polar surface area (TPSA) is 81.7 Å². The van der Waals surface area contributed by atoms with Gasteiger partial charge in [0.15, 0.2) is 0 Å². The molecule has 1 amide bonds. The van der Waals surface area contributed by atoms with Crippen molar-refractivity contribution in [2.75, 3.05) is 25.5 Å². The largest absolute Gasteiger partial charge is 0.384 e. The molecule has 0 atom stereocenters. The van der Waals surface area contributed by atoms with Gasteiger partial charge >= 0.3 is 0 Å². The molecule has 5 aliphatic carbocycles. The Kier molecular flexibility index (Phi) is 8.31. The van der Waals surface area contributed by atoms with Crippen molar-refractivity contribution in [1.82, 2.24) is 10.3 Å². The van der Waals surface area contributed by atoms with Gasteiger partial charge in [-0.1, -0.05) is 11.6 Å². The average Bonchev–Trinajstić information content (AvgIpc) is 2.93. The minimum Gasteiger partial charge on any atom is -0.384 e. The fourth-order valence-electron chi connectivity index (χ4n) is 8.07. The van der Waals surface area contributed by atoms with Gasteiger partial charge in [-0.15, -0.1) is 0 Å². The number of benzene rings is 1. The first-order chi connectivity index (χ1) is 19.0. The number of fused-ring (bicyclic) bond motifs is 1. The van der Waals surface area contributed by atoms with E-state index in [0.717, 1.165) is 67.1 Å². The smallest absolute Gasteiger partial charge is 0.220 e. The van der Waals surface area contributed by atoms with Gasteiger partial charge in [-0.2, -0.15) is 0 Å². The van der Waals surface area contributed by atoms with Gasteiger partial charge in [0.05, 0.1) is 11.6 Å². The number of pyridine rings is 1. The second-order valence-corrected chi connectivity index (χ2v) is 12.8. The summed E-state index contributed by atoms with van der Waals surface area (Å²) in [7, 11) is 1.80. The molecule has 1 aromatic heterocycles. The molecule has 0 saturated heterocycles. The van der Waals surface area contributed by atoms with Crippen LogP contribution in [0.3, 0.4) is 0 Å². The van der Waals surface area contributed by atoms with Crippen LogP contribution < -0.4 is 10.6 Å². The van der Waals surface area contributed by atoms with Crippen molar-refractivity contribution < 1.29 is 19.3 Å². The third-order valence-electron chi connectivity index (χ3n) is 9.87. The van der Waals surface area contributed by atoms with Crippen LogP contribution in [-0.4, -0.2) is 43.0 Å². The number of hydrogen-bond donors (Lipinski definition) is 2. The molecule has 0 radical (unpaired) electrons. The number of halogens is 1. The molecule has 5 saturated carbocycles. The van der Waals surface area contributed by atoms with Crippen LogP contribution in [0.15, 0.2) is 30.5 Å². The number of rotatable bonds is 11. The van der Waals surface area contributed by atoms with Crippen molar-refractivity contribution in [3.63, 3.8) is 0 Å². The molecule has 212 valence electrons. The molecular weight excluding hydrogens is 514 g/mol. The van der Waals surface area contributed by atoms with Gasteiger partial charge in [-0.3, -0.25) is 9.78 Å². The molecule has 0 unspecified atom stereocenters. The Morgan fingerprint density at radius 1 is 1.03 bits per heavy atom. The number of carbonyl (C=O) groups excluding carboxylic acids is 1. The molecule has 2 N–H and O–H groups in total. The first-order valence-electron chi connectivity index (χ1n) is 15.0. The highest BCUT2D eigenvalue weighted by Gasteiger charge is 2.60. The third-order valence-corrected chi connectivity index (χ3v) is 10.1.